The first kappa shape index (κ1) is 14.9. The van der Waals surface area contributed by atoms with Crippen molar-refractivity contribution in [3.8, 4) is 0 Å². The summed E-state index contributed by atoms with van der Waals surface area (Å²) in [6.45, 7) is 6.60. The number of hydrogen-bond acceptors (Lipinski definition) is 2. The lowest BCUT2D eigenvalue weighted by Crippen LogP contribution is -2.41. The first-order valence-corrected chi connectivity index (χ1v) is 7.43. The van der Waals surface area contributed by atoms with Gasteiger partial charge in [0.2, 0.25) is 0 Å². The molecule has 2 N–H and O–H groups in total. The van der Waals surface area contributed by atoms with E-state index in [-0.39, 0.29) is 5.91 Å². The van der Waals surface area contributed by atoms with Crippen LogP contribution in [0.15, 0.2) is 18.2 Å². The summed E-state index contributed by atoms with van der Waals surface area (Å²) in [5.74, 6) is 0.0518. The molecule has 0 heterocycles. The van der Waals surface area contributed by atoms with E-state index in [1.807, 2.05) is 37.1 Å². The topological polar surface area (TPSA) is 46.3 Å². The lowest BCUT2D eigenvalue weighted by molar-refractivity contribution is 0.0636. The molecule has 1 fully saturated rings. The molecular formula is C17H26N2O. The van der Waals surface area contributed by atoms with Crippen LogP contribution in [0.3, 0.4) is 0 Å². The lowest BCUT2D eigenvalue weighted by atomic mass is 9.75. The van der Waals surface area contributed by atoms with Gasteiger partial charge in [0.15, 0.2) is 0 Å². The predicted octanol–water partition coefficient (Wildman–Crippen LogP) is 3.62. The van der Waals surface area contributed by atoms with Gasteiger partial charge in [0.1, 0.15) is 0 Å². The Balaban J connectivity index is 2.11. The molecule has 1 aromatic rings. The van der Waals surface area contributed by atoms with Crippen LogP contribution in [0, 0.1) is 12.3 Å². The Kier molecular flexibility index (Phi) is 4.07. The van der Waals surface area contributed by atoms with E-state index in [9.17, 15) is 4.79 Å². The van der Waals surface area contributed by atoms with Gasteiger partial charge in [-0.25, -0.2) is 0 Å². The first-order chi connectivity index (χ1) is 9.30. The molecule has 1 amide bonds. The summed E-state index contributed by atoms with van der Waals surface area (Å²) in [6, 6.07) is 5.99. The van der Waals surface area contributed by atoms with Crippen molar-refractivity contribution in [2.45, 2.75) is 52.5 Å². The number of carbonyl (C=O) groups excluding carboxylic acids is 1. The molecule has 0 bridgehead atoms. The molecule has 1 saturated carbocycles. The van der Waals surface area contributed by atoms with Crippen LogP contribution in [0.2, 0.25) is 0 Å². The Bertz CT molecular complexity index is 498. The fourth-order valence-electron chi connectivity index (χ4n) is 2.98. The van der Waals surface area contributed by atoms with Gasteiger partial charge in [-0.3, -0.25) is 4.79 Å². The van der Waals surface area contributed by atoms with Crippen LogP contribution in [0.1, 0.15) is 55.5 Å². The highest BCUT2D eigenvalue weighted by atomic mass is 16.2. The van der Waals surface area contributed by atoms with Crippen molar-refractivity contribution in [1.29, 1.82) is 0 Å². The summed E-state index contributed by atoms with van der Waals surface area (Å²) in [5.41, 5.74) is 8.65. The summed E-state index contributed by atoms with van der Waals surface area (Å²) < 4.78 is 0. The van der Waals surface area contributed by atoms with Crippen molar-refractivity contribution in [2.75, 3.05) is 12.8 Å². The zero-order valence-electron chi connectivity index (χ0n) is 13.1. The molecule has 0 aliphatic heterocycles. The van der Waals surface area contributed by atoms with Crippen LogP contribution in [0.5, 0.6) is 0 Å². The highest BCUT2D eigenvalue weighted by molar-refractivity contribution is 5.99. The minimum atomic E-state index is 0.0518. The highest BCUT2D eigenvalue weighted by Gasteiger charge is 2.31. The van der Waals surface area contributed by atoms with Gasteiger partial charge < -0.3 is 10.6 Å². The number of rotatable bonds is 2. The maximum absolute atomic E-state index is 12.6. The molecule has 1 aliphatic carbocycles. The number of carbonyl (C=O) groups is 1. The third-order valence-electron chi connectivity index (χ3n) is 4.62. The molecule has 0 spiro atoms. The van der Waals surface area contributed by atoms with Crippen LogP contribution in [-0.4, -0.2) is 23.9 Å². The van der Waals surface area contributed by atoms with E-state index in [0.29, 0.717) is 22.7 Å². The van der Waals surface area contributed by atoms with E-state index in [0.717, 1.165) is 18.4 Å². The number of amides is 1. The Morgan fingerprint density at radius 1 is 1.30 bits per heavy atom. The Morgan fingerprint density at radius 2 is 1.90 bits per heavy atom. The lowest BCUT2D eigenvalue weighted by Gasteiger charge is -2.38. The minimum absolute atomic E-state index is 0.0518. The molecule has 1 aliphatic rings. The summed E-state index contributed by atoms with van der Waals surface area (Å²) in [6.07, 6.45) is 4.53. The van der Waals surface area contributed by atoms with E-state index < -0.39 is 0 Å². The van der Waals surface area contributed by atoms with Gasteiger partial charge in [0, 0.05) is 18.8 Å². The van der Waals surface area contributed by atoms with Gasteiger partial charge in [-0.2, -0.15) is 0 Å². The van der Waals surface area contributed by atoms with Crippen molar-refractivity contribution in [3.05, 3.63) is 29.3 Å². The predicted molar refractivity (Wildman–Crippen MR) is 83.7 cm³/mol. The summed E-state index contributed by atoms with van der Waals surface area (Å²) >= 11 is 0. The van der Waals surface area contributed by atoms with E-state index in [4.69, 9.17) is 5.73 Å². The molecule has 0 unspecified atom stereocenters. The molecule has 0 saturated heterocycles. The largest absolute Gasteiger partial charge is 0.398 e. The van der Waals surface area contributed by atoms with Crippen molar-refractivity contribution < 1.29 is 4.79 Å². The van der Waals surface area contributed by atoms with Crippen molar-refractivity contribution >= 4 is 11.6 Å². The third kappa shape index (κ3) is 3.14. The zero-order chi connectivity index (χ0) is 14.9. The van der Waals surface area contributed by atoms with Crippen LogP contribution >= 0.6 is 0 Å². The summed E-state index contributed by atoms with van der Waals surface area (Å²) in [5, 5.41) is 0. The van der Waals surface area contributed by atoms with Crippen molar-refractivity contribution in [3.63, 3.8) is 0 Å². The van der Waals surface area contributed by atoms with E-state index in [1.165, 1.54) is 12.8 Å². The molecular weight excluding hydrogens is 248 g/mol. The maximum atomic E-state index is 12.6. The number of nitrogens with zero attached hydrogens (tertiary/aromatic N) is 1. The van der Waals surface area contributed by atoms with Crippen molar-refractivity contribution in [1.82, 2.24) is 4.90 Å². The monoisotopic (exact) mass is 274 g/mol. The second kappa shape index (κ2) is 5.47. The molecule has 3 heteroatoms. The maximum Gasteiger partial charge on any atom is 0.255 e. The van der Waals surface area contributed by atoms with Gasteiger partial charge in [-0.1, -0.05) is 25.5 Å². The average Bonchev–Trinajstić information content (AvgIpc) is 2.40. The van der Waals surface area contributed by atoms with Crippen LogP contribution in [0.25, 0.3) is 0 Å². The summed E-state index contributed by atoms with van der Waals surface area (Å²) in [7, 11) is 1.91. The third-order valence-corrected chi connectivity index (χ3v) is 4.62. The van der Waals surface area contributed by atoms with E-state index in [2.05, 4.69) is 13.8 Å². The summed E-state index contributed by atoms with van der Waals surface area (Å²) in [4.78, 5) is 14.5. The fourth-order valence-corrected chi connectivity index (χ4v) is 2.98. The van der Waals surface area contributed by atoms with Gasteiger partial charge >= 0.3 is 0 Å². The number of hydrogen-bond donors (Lipinski definition) is 1. The molecule has 1 aromatic carbocycles. The standard InChI is InChI=1S/C17H26N2O/c1-12-5-6-15(18)14(11-12)16(20)19(4)13-7-9-17(2,3)10-8-13/h5-6,11,13H,7-10,18H2,1-4H3. The number of benzene rings is 1. The smallest absolute Gasteiger partial charge is 0.255 e. The average molecular weight is 274 g/mol. The van der Waals surface area contributed by atoms with E-state index >= 15 is 0 Å². The van der Waals surface area contributed by atoms with Crippen molar-refractivity contribution in [2.24, 2.45) is 5.41 Å². The molecule has 110 valence electrons. The number of anilines is 1. The zero-order valence-corrected chi connectivity index (χ0v) is 13.1. The number of nitrogen functional groups attached to an aromatic ring is 1. The van der Waals surface area contributed by atoms with Gasteiger partial charge in [-0.15, -0.1) is 0 Å². The molecule has 0 radical (unpaired) electrons. The Labute approximate surface area is 122 Å². The second-order valence-corrected chi connectivity index (χ2v) is 6.90. The van der Waals surface area contributed by atoms with Crippen LogP contribution < -0.4 is 5.73 Å². The van der Waals surface area contributed by atoms with Crippen LogP contribution in [-0.2, 0) is 0 Å². The fraction of sp³-hybridized carbons (Fsp3) is 0.588. The first-order valence-electron chi connectivity index (χ1n) is 7.43. The molecule has 2 rings (SSSR count). The molecule has 0 atom stereocenters. The van der Waals surface area contributed by atoms with Crippen LogP contribution in [0.4, 0.5) is 5.69 Å². The number of aryl methyl sites for hydroxylation is 1. The molecule has 20 heavy (non-hydrogen) atoms. The van der Waals surface area contributed by atoms with Gasteiger partial charge in [0.25, 0.3) is 5.91 Å². The Hall–Kier alpha value is -1.51. The second-order valence-electron chi connectivity index (χ2n) is 6.90. The van der Waals surface area contributed by atoms with E-state index in [1.54, 1.807) is 0 Å². The van der Waals surface area contributed by atoms with Gasteiger partial charge in [-0.05, 0) is 50.2 Å². The Morgan fingerprint density at radius 3 is 2.50 bits per heavy atom. The normalized spacial score (nSPS) is 18.8. The SMILES string of the molecule is Cc1ccc(N)c(C(=O)N(C)C2CCC(C)(C)CC2)c1. The number of nitrogens with two attached hydrogens (primary N) is 1. The van der Waals surface area contributed by atoms with Gasteiger partial charge in [0.05, 0.1) is 5.56 Å². The quantitative estimate of drug-likeness (QED) is 0.837. The molecule has 0 aromatic heterocycles. The highest BCUT2D eigenvalue weighted by Crippen LogP contribution is 2.37. The minimum Gasteiger partial charge on any atom is -0.398 e. The molecule has 3 nitrogen and oxygen atoms in total.